The highest BCUT2D eigenvalue weighted by atomic mass is 16.5. The summed E-state index contributed by atoms with van der Waals surface area (Å²) < 4.78 is 16.8. The molecule has 0 aliphatic carbocycles. The molecule has 1 saturated heterocycles. The van der Waals surface area contributed by atoms with Gasteiger partial charge >= 0.3 is 0 Å². The van der Waals surface area contributed by atoms with E-state index in [0.717, 1.165) is 50.8 Å². The van der Waals surface area contributed by atoms with Gasteiger partial charge in [0.05, 0.1) is 32.6 Å². The van der Waals surface area contributed by atoms with E-state index in [2.05, 4.69) is 35.8 Å². The molecular weight excluding hydrogens is 440 g/mol. The van der Waals surface area contributed by atoms with Crippen LogP contribution >= 0.6 is 0 Å². The minimum absolute atomic E-state index is 0.0790. The van der Waals surface area contributed by atoms with Crippen LogP contribution in [0.2, 0.25) is 0 Å². The lowest BCUT2D eigenvalue weighted by Crippen LogP contribution is -2.45. The first-order valence-corrected chi connectivity index (χ1v) is 12.5. The molecule has 1 aliphatic rings. The first-order valence-electron chi connectivity index (χ1n) is 12.5. The molecule has 0 spiro atoms. The van der Waals surface area contributed by atoms with Crippen LogP contribution in [0.3, 0.4) is 0 Å². The van der Waals surface area contributed by atoms with Crippen molar-refractivity contribution < 1.29 is 19.0 Å². The third-order valence-corrected chi connectivity index (χ3v) is 6.40. The number of unbranched alkanes of at least 4 members (excludes halogenated alkanes) is 2. The first-order chi connectivity index (χ1) is 17.1. The number of likely N-dealkylation sites (tertiary alicyclic amines) is 1. The highest BCUT2D eigenvalue weighted by molar-refractivity contribution is 5.98. The maximum atomic E-state index is 13.5. The minimum atomic E-state index is -0.0790. The summed E-state index contributed by atoms with van der Waals surface area (Å²) >= 11 is 0. The van der Waals surface area contributed by atoms with Gasteiger partial charge in [-0.1, -0.05) is 49.1 Å². The summed E-state index contributed by atoms with van der Waals surface area (Å²) in [5, 5.41) is 0. The monoisotopic (exact) mass is 478 g/mol. The van der Waals surface area contributed by atoms with Gasteiger partial charge in [0.1, 0.15) is 0 Å². The number of amides is 1. The lowest BCUT2D eigenvalue weighted by atomic mass is 10.1. The highest BCUT2D eigenvalue weighted by Gasteiger charge is 2.31. The fourth-order valence-electron chi connectivity index (χ4n) is 4.48. The van der Waals surface area contributed by atoms with E-state index in [1.807, 2.05) is 42.3 Å². The number of ether oxygens (including phenoxy) is 3. The van der Waals surface area contributed by atoms with Gasteiger partial charge in [0.25, 0.3) is 5.91 Å². The third-order valence-electron chi connectivity index (χ3n) is 6.40. The summed E-state index contributed by atoms with van der Waals surface area (Å²) in [7, 11) is 5.01. The van der Waals surface area contributed by atoms with E-state index in [4.69, 9.17) is 14.2 Å². The van der Waals surface area contributed by atoms with Crippen LogP contribution in [0.5, 0.6) is 11.5 Å². The fraction of sp³-hybridized carbons (Fsp3) is 0.483. The van der Waals surface area contributed by atoms with Crippen LogP contribution in [-0.2, 0) is 11.3 Å². The van der Waals surface area contributed by atoms with Gasteiger partial charge in [-0.15, -0.1) is 0 Å². The Balaban J connectivity index is 1.60. The van der Waals surface area contributed by atoms with Gasteiger partial charge in [0.2, 0.25) is 0 Å². The summed E-state index contributed by atoms with van der Waals surface area (Å²) in [6, 6.07) is 13.8. The molecule has 0 saturated carbocycles. The Hall–Kier alpha value is -3.01. The van der Waals surface area contributed by atoms with Gasteiger partial charge in [-0.3, -0.25) is 9.69 Å². The number of carbonyl (C=O) groups excluding carboxylic acids is 1. The topological polar surface area (TPSA) is 51.2 Å². The predicted molar refractivity (Wildman–Crippen MR) is 139 cm³/mol. The fourth-order valence-corrected chi connectivity index (χ4v) is 4.48. The molecule has 3 rings (SSSR count). The van der Waals surface area contributed by atoms with E-state index in [1.165, 1.54) is 5.56 Å². The van der Waals surface area contributed by atoms with Crippen molar-refractivity contribution in [2.24, 2.45) is 0 Å². The number of carbonyl (C=O) groups is 1. The molecule has 1 amide bonds. The second-order valence-corrected chi connectivity index (χ2v) is 8.72. The van der Waals surface area contributed by atoms with Gasteiger partial charge in [0, 0.05) is 32.2 Å². The molecule has 2 aromatic rings. The van der Waals surface area contributed by atoms with E-state index in [1.54, 1.807) is 14.2 Å². The normalized spacial score (nSPS) is 15.4. The van der Waals surface area contributed by atoms with Crippen LogP contribution in [0.4, 0.5) is 0 Å². The second-order valence-electron chi connectivity index (χ2n) is 8.72. The van der Waals surface area contributed by atoms with E-state index in [-0.39, 0.29) is 12.1 Å². The zero-order chi connectivity index (χ0) is 25.0. The summed E-state index contributed by atoms with van der Waals surface area (Å²) in [5.41, 5.74) is 2.42. The highest BCUT2D eigenvalue weighted by Crippen LogP contribution is 2.34. The maximum absolute atomic E-state index is 13.5. The zero-order valence-electron chi connectivity index (χ0n) is 21.5. The van der Waals surface area contributed by atoms with Crippen LogP contribution in [-0.4, -0.2) is 62.8 Å². The number of hydrogen-bond acceptors (Lipinski definition) is 5. The molecule has 2 aromatic carbocycles. The van der Waals surface area contributed by atoms with Crippen molar-refractivity contribution in [3.63, 3.8) is 0 Å². The van der Waals surface area contributed by atoms with Crippen LogP contribution in [0.15, 0.2) is 42.5 Å². The molecule has 0 radical (unpaired) electrons. The maximum Gasteiger partial charge on any atom is 0.258 e. The molecule has 188 valence electrons. The Morgan fingerprint density at radius 2 is 1.94 bits per heavy atom. The largest absolute Gasteiger partial charge is 0.493 e. The quantitative estimate of drug-likeness (QED) is 0.338. The lowest BCUT2D eigenvalue weighted by Gasteiger charge is -2.32. The van der Waals surface area contributed by atoms with Gasteiger partial charge in [-0.25, -0.2) is 0 Å². The molecule has 1 atom stereocenters. The Bertz CT molecular complexity index is 1010. The summed E-state index contributed by atoms with van der Waals surface area (Å²) in [6.07, 6.45) is 4.85. The van der Waals surface area contributed by atoms with Crippen LogP contribution in [0, 0.1) is 11.8 Å². The van der Waals surface area contributed by atoms with E-state index < -0.39 is 0 Å². The second kappa shape index (κ2) is 13.8. The molecule has 0 aromatic heterocycles. The van der Waals surface area contributed by atoms with Crippen molar-refractivity contribution in [1.82, 2.24) is 9.80 Å². The lowest BCUT2D eigenvalue weighted by molar-refractivity contribution is 0.0544. The van der Waals surface area contributed by atoms with Crippen molar-refractivity contribution in [2.75, 3.05) is 41.0 Å². The Kier molecular flexibility index (Phi) is 10.5. The SMILES string of the molecule is CCN1CCC[C@@H]1N(C)C(=O)c1cc(C#CCCCCOCc2ccccc2)cc(OC)c1OC. The minimum Gasteiger partial charge on any atom is -0.493 e. The Morgan fingerprint density at radius 3 is 2.66 bits per heavy atom. The van der Waals surface area contributed by atoms with Gasteiger partial charge in [-0.2, -0.15) is 0 Å². The van der Waals surface area contributed by atoms with Crippen molar-refractivity contribution >= 4 is 5.91 Å². The van der Waals surface area contributed by atoms with Crippen molar-refractivity contribution in [1.29, 1.82) is 0 Å². The molecule has 1 aliphatic heterocycles. The number of rotatable bonds is 11. The van der Waals surface area contributed by atoms with Crippen LogP contribution < -0.4 is 9.47 Å². The summed E-state index contributed by atoms with van der Waals surface area (Å²) in [4.78, 5) is 17.6. The molecule has 1 heterocycles. The van der Waals surface area contributed by atoms with E-state index in [0.29, 0.717) is 30.3 Å². The van der Waals surface area contributed by atoms with Crippen LogP contribution in [0.1, 0.15) is 60.5 Å². The predicted octanol–water partition coefficient (Wildman–Crippen LogP) is 4.96. The number of nitrogens with zero attached hydrogens (tertiary/aromatic N) is 2. The summed E-state index contributed by atoms with van der Waals surface area (Å²) in [6.45, 7) is 5.42. The molecule has 35 heavy (non-hydrogen) atoms. The molecule has 0 bridgehead atoms. The van der Waals surface area contributed by atoms with Crippen molar-refractivity contribution in [2.45, 2.75) is 51.8 Å². The number of methoxy groups -OCH3 is 2. The van der Waals surface area contributed by atoms with Crippen molar-refractivity contribution in [3.8, 4) is 23.3 Å². The summed E-state index contributed by atoms with van der Waals surface area (Å²) in [5.74, 6) is 7.32. The zero-order valence-corrected chi connectivity index (χ0v) is 21.5. The average molecular weight is 479 g/mol. The molecule has 6 heteroatoms. The smallest absolute Gasteiger partial charge is 0.258 e. The van der Waals surface area contributed by atoms with Crippen molar-refractivity contribution in [3.05, 3.63) is 59.2 Å². The van der Waals surface area contributed by atoms with Gasteiger partial charge < -0.3 is 19.1 Å². The van der Waals surface area contributed by atoms with E-state index in [9.17, 15) is 4.79 Å². The molecule has 1 fully saturated rings. The third kappa shape index (κ3) is 7.24. The average Bonchev–Trinajstić information content (AvgIpc) is 3.38. The van der Waals surface area contributed by atoms with E-state index >= 15 is 0 Å². The number of benzene rings is 2. The Morgan fingerprint density at radius 1 is 1.14 bits per heavy atom. The van der Waals surface area contributed by atoms with Crippen LogP contribution in [0.25, 0.3) is 0 Å². The van der Waals surface area contributed by atoms with Gasteiger partial charge in [-0.05, 0) is 49.9 Å². The Labute approximate surface area is 210 Å². The van der Waals surface area contributed by atoms with Gasteiger partial charge in [0.15, 0.2) is 11.5 Å². The molecule has 0 N–H and O–H groups in total. The molecular formula is C29H38N2O4. The molecule has 0 unspecified atom stereocenters. The molecule has 6 nitrogen and oxygen atoms in total. The standard InChI is InChI=1S/C29H38N2O4/c1-5-31-18-13-17-27(31)30(2)29(32)25-20-24(21-26(33-3)28(25)34-4)16-9-6-7-12-19-35-22-23-14-10-8-11-15-23/h8,10-11,14-15,20-21,27H,5-7,12-13,17-19,22H2,1-4H3/t27-/m1/s1. The number of hydrogen-bond donors (Lipinski definition) is 0. The first kappa shape index (κ1) is 26.6.